The Hall–Kier alpha value is -6.34. The molecule has 0 saturated heterocycles. The molecule has 4 nitrogen and oxygen atoms in total. The van der Waals surface area contributed by atoms with Crippen molar-refractivity contribution < 1.29 is 0 Å². The maximum absolute atomic E-state index is 5.40. The molecule has 0 saturated carbocycles. The van der Waals surface area contributed by atoms with E-state index in [4.69, 9.17) is 19.9 Å². The van der Waals surface area contributed by atoms with Crippen molar-refractivity contribution in [3.05, 3.63) is 158 Å². The Morgan fingerprint density at radius 2 is 0.885 bits per heavy atom. The molecule has 4 aromatic heterocycles. The number of hydrogen-bond acceptors (Lipinski definition) is 6. The highest BCUT2D eigenvalue weighted by atomic mass is 32.1. The molecule has 0 fully saturated rings. The molecule has 0 aliphatic rings. The van der Waals surface area contributed by atoms with Gasteiger partial charge in [-0.05, 0) is 40.4 Å². The Labute approximate surface area is 306 Å². The number of fused-ring (bicyclic) bond motifs is 9. The normalized spacial score (nSPS) is 11.8. The van der Waals surface area contributed by atoms with Crippen LogP contribution >= 0.6 is 22.7 Å². The molecule has 11 aromatic rings. The van der Waals surface area contributed by atoms with Gasteiger partial charge in [-0.25, -0.2) is 19.9 Å². The number of rotatable bonds is 4. The molecule has 0 spiro atoms. The summed E-state index contributed by atoms with van der Waals surface area (Å²) >= 11 is 3.54. The van der Waals surface area contributed by atoms with E-state index in [1.54, 1.807) is 22.7 Å². The number of aromatic nitrogens is 4. The van der Waals surface area contributed by atoms with Gasteiger partial charge in [0.15, 0.2) is 17.5 Å². The molecular formula is C46H26N4S2. The van der Waals surface area contributed by atoms with Crippen molar-refractivity contribution in [2.45, 2.75) is 0 Å². The Balaban J connectivity index is 1.16. The third kappa shape index (κ3) is 4.51. The number of pyridine rings is 1. The van der Waals surface area contributed by atoms with E-state index in [9.17, 15) is 0 Å². The fourth-order valence-electron chi connectivity index (χ4n) is 7.60. The van der Waals surface area contributed by atoms with Gasteiger partial charge in [0, 0.05) is 63.3 Å². The highest BCUT2D eigenvalue weighted by molar-refractivity contribution is 7.26. The molecule has 0 aliphatic heterocycles. The van der Waals surface area contributed by atoms with Crippen molar-refractivity contribution in [1.82, 2.24) is 19.9 Å². The second kappa shape index (κ2) is 11.6. The van der Waals surface area contributed by atoms with Gasteiger partial charge in [0.1, 0.15) is 4.83 Å². The zero-order valence-electron chi connectivity index (χ0n) is 27.6. The average molecular weight is 699 g/mol. The summed E-state index contributed by atoms with van der Waals surface area (Å²) in [5, 5.41) is 9.47. The van der Waals surface area contributed by atoms with Gasteiger partial charge in [0.25, 0.3) is 0 Å². The van der Waals surface area contributed by atoms with Crippen LogP contribution in [0.3, 0.4) is 0 Å². The van der Waals surface area contributed by atoms with Crippen LogP contribution in [0.15, 0.2) is 158 Å². The molecule has 0 radical (unpaired) electrons. The van der Waals surface area contributed by atoms with Crippen molar-refractivity contribution in [3.8, 4) is 45.4 Å². The lowest BCUT2D eigenvalue weighted by molar-refractivity contribution is 1.08. The first-order valence-electron chi connectivity index (χ1n) is 17.2. The monoisotopic (exact) mass is 698 g/mol. The van der Waals surface area contributed by atoms with E-state index in [1.807, 2.05) is 18.2 Å². The van der Waals surface area contributed by atoms with E-state index in [1.165, 1.54) is 41.0 Å². The first-order valence-corrected chi connectivity index (χ1v) is 18.9. The fourth-order valence-corrected chi connectivity index (χ4v) is 9.91. The van der Waals surface area contributed by atoms with Crippen LogP contribution in [0.25, 0.3) is 107 Å². The van der Waals surface area contributed by atoms with Crippen molar-refractivity contribution in [3.63, 3.8) is 0 Å². The minimum absolute atomic E-state index is 0.641. The molecule has 0 atom stereocenters. The largest absolute Gasteiger partial charge is 0.236 e. The lowest BCUT2D eigenvalue weighted by atomic mass is 9.94. The van der Waals surface area contributed by atoms with Crippen LogP contribution in [-0.4, -0.2) is 19.9 Å². The van der Waals surface area contributed by atoms with Crippen LogP contribution in [-0.2, 0) is 0 Å². The Kier molecular flexibility index (Phi) is 6.56. The molecule has 52 heavy (non-hydrogen) atoms. The van der Waals surface area contributed by atoms with Gasteiger partial charge in [-0.1, -0.05) is 133 Å². The molecule has 242 valence electrons. The predicted molar refractivity (Wildman–Crippen MR) is 220 cm³/mol. The highest BCUT2D eigenvalue weighted by Gasteiger charge is 2.20. The van der Waals surface area contributed by atoms with Crippen LogP contribution in [0.2, 0.25) is 0 Å². The standard InChI is InChI=1S/C46H26N4S2/c1-2-13-27(14-3-1)43-48-44(50-45(49-43)37-22-12-21-34-30-17-8-10-23-38(30)51-42(34)37)35-26-25-33(28-15-4-5-16-29(28)35)41-32-19-7-6-18-31(32)40-36-20-9-11-24-39(36)52-46(40)47-41/h1-26H. The molecule has 11 rings (SSSR count). The van der Waals surface area contributed by atoms with Gasteiger partial charge < -0.3 is 0 Å². The minimum Gasteiger partial charge on any atom is -0.236 e. The summed E-state index contributed by atoms with van der Waals surface area (Å²) in [7, 11) is 0. The van der Waals surface area contributed by atoms with Gasteiger partial charge in [0.2, 0.25) is 0 Å². The highest BCUT2D eigenvalue weighted by Crippen LogP contribution is 2.44. The average Bonchev–Trinajstić information content (AvgIpc) is 3.79. The zero-order valence-corrected chi connectivity index (χ0v) is 29.2. The van der Waals surface area contributed by atoms with E-state index in [0.717, 1.165) is 48.9 Å². The van der Waals surface area contributed by atoms with Crippen LogP contribution in [0.5, 0.6) is 0 Å². The summed E-state index contributed by atoms with van der Waals surface area (Å²) in [4.78, 5) is 22.0. The Morgan fingerprint density at radius 3 is 1.67 bits per heavy atom. The summed E-state index contributed by atoms with van der Waals surface area (Å²) < 4.78 is 3.67. The van der Waals surface area contributed by atoms with E-state index < -0.39 is 0 Å². The van der Waals surface area contributed by atoms with E-state index in [0.29, 0.717) is 17.5 Å². The molecular weight excluding hydrogens is 673 g/mol. The topological polar surface area (TPSA) is 51.6 Å². The Morgan fingerprint density at radius 1 is 0.327 bits per heavy atom. The third-order valence-electron chi connectivity index (χ3n) is 9.97. The molecule has 6 heteroatoms. The number of hydrogen-bond donors (Lipinski definition) is 0. The molecule has 0 amide bonds. The number of benzene rings is 7. The van der Waals surface area contributed by atoms with Crippen LogP contribution in [0.1, 0.15) is 0 Å². The van der Waals surface area contributed by atoms with Gasteiger partial charge in [-0.2, -0.15) is 0 Å². The summed E-state index contributed by atoms with van der Waals surface area (Å²) in [5.41, 5.74) is 4.98. The molecule has 0 aliphatic carbocycles. The van der Waals surface area contributed by atoms with Gasteiger partial charge in [-0.15, -0.1) is 22.7 Å². The van der Waals surface area contributed by atoms with Crippen molar-refractivity contribution in [2.75, 3.05) is 0 Å². The van der Waals surface area contributed by atoms with Crippen molar-refractivity contribution >= 4 is 84.7 Å². The van der Waals surface area contributed by atoms with Gasteiger partial charge >= 0.3 is 0 Å². The fraction of sp³-hybridized carbons (Fsp3) is 0. The Bertz CT molecular complexity index is 3200. The van der Waals surface area contributed by atoms with Crippen LogP contribution < -0.4 is 0 Å². The summed E-state index contributed by atoms with van der Waals surface area (Å²) in [6.07, 6.45) is 0. The zero-order chi connectivity index (χ0) is 34.2. The number of nitrogens with zero attached hydrogens (tertiary/aromatic N) is 4. The first-order chi connectivity index (χ1) is 25.8. The number of thiophene rings is 2. The quantitative estimate of drug-likeness (QED) is 0.184. The second-order valence-electron chi connectivity index (χ2n) is 12.9. The lowest BCUT2D eigenvalue weighted by Gasteiger charge is -2.14. The first kappa shape index (κ1) is 29.4. The molecule has 4 heterocycles. The van der Waals surface area contributed by atoms with E-state index in [2.05, 4.69) is 140 Å². The van der Waals surface area contributed by atoms with Gasteiger partial charge in [0.05, 0.1) is 5.69 Å². The van der Waals surface area contributed by atoms with Crippen LogP contribution in [0.4, 0.5) is 0 Å². The summed E-state index contributed by atoms with van der Waals surface area (Å²) in [5.74, 6) is 1.95. The molecule has 0 unspecified atom stereocenters. The van der Waals surface area contributed by atoms with E-state index >= 15 is 0 Å². The SMILES string of the molecule is c1ccc(-c2nc(-c3ccc(-c4nc5sc6ccccc6c5c5ccccc45)c4ccccc34)nc(-c3cccc4c3sc3ccccc34)n2)cc1. The van der Waals surface area contributed by atoms with Crippen molar-refractivity contribution in [2.24, 2.45) is 0 Å². The predicted octanol–water partition coefficient (Wildman–Crippen LogP) is 13.0. The smallest absolute Gasteiger partial charge is 0.165 e. The minimum atomic E-state index is 0.641. The van der Waals surface area contributed by atoms with Crippen molar-refractivity contribution in [1.29, 1.82) is 0 Å². The van der Waals surface area contributed by atoms with Crippen LogP contribution in [0, 0.1) is 0 Å². The molecule has 0 bridgehead atoms. The van der Waals surface area contributed by atoms with E-state index in [-0.39, 0.29) is 0 Å². The second-order valence-corrected chi connectivity index (χ2v) is 15.0. The maximum atomic E-state index is 5.40. The molecule has 0 N–H and O–H groups in total. The lowest BCUT2D eigenvalue weighted by Crippen LogP contribution is -2.01. The summed E-state index contributed by atoms with van der Waals surface area (Å²) in [6, 6.07) is 55.4. The molecule has 7 aromatic carbocycles. The summed E-state index contributed by atoms with van der Waals surface area (Å²) in [6.45, 7) is 0. The van der Waals surface area contributed by atoms with Gasteiger partial charge in [-0.3, -0.25) is 0 Å². The third-order valence-corrected chi connectivity index (χ3v) is 12.3. The maximum Gasteiger partial charge on any atom is 0.165 e.